The maximum Gasteiger partial charge on any atom is 0.120 e. The van der Waals surface area contributed by atoms with Gasteiger partial charge in [0.1, 0.15) is 6.10 Å². The quantitative estimate of drug-likeness (QED) is 0.501. The Hall–Kier alpha value is -1.50. The van der Waals surface area contributed by atoms with Gasteiger partial charge in [0.25, 0.3) is 0 Å². The lowest BCUT2D eigenvalue weighted by Gasteiger charge is -2.10. The second kappa shape index (κ2) is 5.20. The molecule has 68 valence electrons. The Kier molecular flexibility index (Phi) is 3.83. The SMILES string of the molecule is C=CC=COC(C)c1ccccc1. The summed E-state index contributed by atoms with van der Waals surface area (Å²) in [6.07, 6.45) is 5.22. The van der Waals surface area contributed by atoms with Gasteiger partial charge in [0.15, 0.2) is 0 Å². The zero-order valence-corrected chi connectivity index (χ0v) is 7.81. The Bertz CT molecular complexity index is 274. The average Bonchev–Trinajstić information content (AvgIpc) is 2.19. The molecular formula is C12H14O. The fourth-order valence-corrected chi connectivity index (χ4v) is 1.02. The second-order valence-electron chi connectivity index (χ2n) is 2.75. The minimum absolute atomic E-state index is 0.0948. The van der Waals surface area contributed by atoms with E-state index in [9.17, 15) is 0 Å². The van der Waals surface area contributed by atoms with Crippen molar-refractivity contribution in [1.29, 1.82) is 0 Å². The Morgan fingerprint density at radius 2 is 2.00 bits per heavy atom. The highest BCUT2D eigenvalue weighted by Crippen LogP contribution is 2.15. The lowest BCUT2D eigenvalue weighted by atomic mass is 10.1. The Balaban J connectivity index is 2.53. The van der Waals surface area contributed by atoms with Gasteiger partial charge in [-0.3, -0.25) is 0 Å². The number of rotatable bonds is 4. The largest absolute Gasteiger partial charge is 0.494 e. The van der Waals surface area contributed by atoms with Crippen LogP contribution in [0.25, 0.3) is 0 Å². The summed E-state index contributed by atoms with van der Waals surface area (Å²) in [5, 5.41) is 0. The Labute approximate surface area is 79.4 Å². The molecule has 1 nitrogen and oxygen atoms in total. The van der Waals surface area contributed by atoms with Gasteiger partial charge < -0.3 is 4.74 Å². The van der Waals surface area contributed by atoms with E-state index in [0.29, 0.717) is 0 Å². The van der Waals surface area contributed by atoms with Crippen LogP contribution in [-0.2, 0) is 4.74 Å². The van der Waals surface area contributed by atoms with E-state index in [1.807, 2.05) is 37.3 Å². The highest BCUT2D eigenvalue weighted by molar-refractivity contribution is 5.17. The molecule has 1 atom stereocenters. The Morgan fingerprint density at radius 3 is 2.62 bits per heavy atom. The van der Waals surface area contributed by atoms with Crippen LogP contribution >= 0.6 is 0 Å². The lowest BCUT2D eigenvalue weighted by Crippen LogP contribution is -1.93. The average molecular weight is 174 g/mol. The summed E-state index contributed by atoms with van der Waals surface area (Å²) in [6, 6.07) is 10.1. The van der Waals surface area contributed by atoms with Crippen molar-refractivity contribution in [3.63, 3.8) is 0 Å². The zero-order chi connectivity index (χ0) is 9.52. The van der Waals surface area contributed by atoms with E-state index < -0.39 is 0 Å². The van der Waals surface area contributed by atoms with Crippen molar-refractivity contribution >= 4 is 0 Å². The zero-order valence-electron chi connectivity index (χ0n) is 7.81. The van der Waals surface area contributed by atoms with Crippen LogP contribution in [0.4, 0.5) is 0 Å². The molecule has 1 unspecified atom stereocenters. The van der Waals surface area contributed by atoms with Gasteiger partial charge in [-0.1, -0.05) is 43.0 Å². The van der Waals surface area contributed by atoms with Gasteiger partial charge >= 0.3 is 0 Å². The van der Waals surface area contributed by atoms with Crippen LogP contribution in [0.3, 0.4) is 0 Å². The first-order chi connectivity index (χ1) is 6.34. The van der Waals surface area contributed by atoms with Crippen LogP contribution in [0, 0.1) is 0 Å². The molecule has 0 aliphatic rings. The molecule has 0 N–H and O–H groups in total. The van der Waals surface area contributed by atoms with Crippen molar-refractivity contribution in [2.45, 2.75) is 13.0 Å². The smallest absolute Gasteiger partial charge is 0.120 e. The third kappa shape index (κ3) is 3.16. The molecule has 0 heterocycles. The van der Waals surface area contributed by atoms with E-state index in [-0.39, 0.29) is 6.10 Å². The third-order valence-electron chi connectivity index (χ3n) is 1.77. The standard InChI is InChI=1S/C12H14O/c1-3-4-10-13-11(2)12-8-6-5-7-9-12/h3-11H,1H2,2H3. The van der Waals surface area contributed by atoms with Crippen LogP contribution in [0.1, 0.15) is 18.6 Å². The first-order valence-electron chi connectivity index (χ1n) is 4.32. The molecule has 1 heteroatoms. The summed E-state index contributed by atoms with van der Waals surface area (Å²) in [6.45, 7) is 5.58. The van der Waals surface area contributed by atoms with Crippen LogP contribution in [0.5, 0.6) is 0 Å². The van der Waals surface area contributed by atoms with E-state index in [2.05, 4.69) is 6.58 Å². The minimum Gasteiger partial charge on any atom is -0.494 e. The molecule has 0 bridgehead atoms. The van der Waals surface area contributed by atoms with E-state index in [1.54, 1.807) is 18.4 Å². The second-order valence-corrected chi connectivity index (χ2v) is 2.75. The van der Waals surface area contributed by atoms with Gasteiger partial charge in [0, 0.05) is 0 Å². The molecule has 0 saturated carbocycles. The summed E-state index contributed by atoms with van der Waals surface area (Å²) in [7, 11) is 0. The molecule has 0 amide bonds. The molecule has 1 aromatic rings. The molecular weight excluding hydrogens is 160 g/mol. The highest BCUT2D eigenvalue weighted by Gasteiger charge is 2.01. The van der Waals surface area contributed by atoms with Crippen molar-refractivity contribution in [3.05, 3.63) is 60.9 Å². The first-order valence-corrected chi connectivity index (χ1v) is 4.32. The van der Waals surface area contributed by atoms with Crippen molar-refractivity contribution < 1.29 is 4.74 Å². The lowest BCUT2D eigenvalue weighted by molar-refractivity contribution is 0.164. The van der Waals surface area contributed by atoms with Gasteiger partial charge in [0.2, 0.25) is 0 Å². The van der Waals surface area contributed by atoms with Gasteiger partial charge in [-0.2, -0.15) is 0 Å². The highest BCUT2D eigenvalue weighted by atomic mass is 16.5. The topological polar surface area (TPSA) is 9.23 Å². The molecule has 0 aliphatic heterocycles. The fourth-order valence-electron chi connectivity index (χ4n) is 1.02. The molecule has 0 spiro atoms. The number of benzene rings is 1. The maximum atomic E-state index is 5.42. The normalized spacial score (nSPS) is 12.7. The summed E-state index contributed by atoms with van der Waals surface area (Å²) in [4.78, 5) is 0. The van der Waals surface area contributed by atoms with Crippen LogP contribution < -0.4 is 0 Å². The third-order valence-corrected chi connectivity index (χ3v) is 1.77. The predicted octanol–water partition coefficient (Wildman–Crippen LogP) is 3.46. The van der Waals surface area contributed by atoms with E-state index in [1.165, 1.54) is 5.56 Å². The molecule has 1 rings (SSSR count). The molecule has 1 aromatic carbocycles. The fraction of sp³-hybridized carbons (Fsp3) is 0.167. The first kappa shape index (κ1) is 9.59. The molecule has 0 saturated heterocycles. The van der Waals surface area contributed by atoms with Gasteiger partial charge in [-0.15, -0.1) is 0 Å². The number of ether oxygens (including phenoxy) is 1. The van der Waals surface area contributed by atoms with Crippen molar-refractivity contribution in [3.8, 4) is 0 Å². The van der Waals surface area contributed by atoms with Crippen LogP contribution in [0.15, 0.2) is 55.3 Å². The summed E-state index contributed by atoms with van der Waals surface area (Å²) in [5.41, 5.74) is 1.18. The van der Waals surface area contributed by atoms with Crippen molar-refractivity contribution in [2.75, 3.05) is 0 Å². The summed E-state index contributed by atoms with van der Waals surface area (Å²) >= 11 is 0. The van der Waals surface area contributed by atoms with Crippen LogP contribution in [0.2, 0.25) is 0 Å². The maximum absolute atomic E-state index is 5.42. The van der Waals surface area contributed by atoms with Gasteiger partial charge in [0.05, 0.1) is 6.26 Å². The molecule has 0 fully saturated rings. The molecule has 0 aromatic heterocycles. The van der Waals surface area contributed by atoms with E-state index in [0.717, 1.165) is 0 Å². The minimum atomic E-state index is 0.0948. The molecule has 0 aliphatic carbocycles. The monoisotopic (exact) mass is 174 g/mol. The van der Waals surface area contributed by atoms with Gasteiger partial charge in [-0.25, -0.2) is 0 Å². The number of hydrogen-bond acceptors (Lipinski definition) is 1. The summed E-state index contributed by atoms with van der Waals surface area (Å²) < 4.78 is 5.42. The molecule has 13 heavy (non-hydrogen) atoms. The van der Waals surface area contributed by atoms with Gasteiger partial charge in [-0.05, 0) is 18.6 Å². The number of allylic oxidation sites excluding steroid dienone is 2. The van der Waals surface area contributed by atoms with E-state index >= 15 is 0 Å². The number of hydrogen-bond donors (Lipinski definition) is 0. The molecule has 0 radical (unpaired) electrons. The summed E-state index contributed by atoms with van der Waals surface area (Å²) in [5.74, 6) is 0. The van der Waals surface area contributed by atoms with Crippen molar-refractivity contribution in [2.24, 2.45) is 0 Å². The van der Waals surface area contributed by atoms with Crippen molar-refractivity contribution in [1.82, 2.24) is 0 Å². The van der Waals surface area contributed by atoms with E-state index in [4.69, 9.17) is 4.74 Å². The predicted molar refractivity (Wildman–Crippen MR) is 55.3 cm³/mol. The Morgan fingerprint density at radius 1 is 1.31 bits per heavy atom. The van der Waals surface area contributed by atoms with Crippen LogP contribution in [-0.4, -0.2) is 0 Å².